The lowest BCUT2D eigenvalue weighted by atomic mass is 10.1. The molecule has 0 unspecified atom stereocenters. The summed E-state index contributed by atoms with van der Waals surface area (Å²) in [4.78, 5) is 44.1. The second kappa shape index (κ2) is 12.4. The maximum atomic E-state index is 13.8. The molecular weight excluding hydrogens is 540 g/mol. The minimum absolute atomic E-state index is 0.0841. The van der Waals surface area contributed by atoms with E-state index in [0.29, 0.717) is 54.1 Å². The fourth-order valence-corrected chi connectivity index (χ4v) is 5.46. The molecule has 1 N–H and O–H groups in total. The first-order valence-corrected chi connectivity index (χ1v) is 14.0. The second-order valence-electron chi connectivity index (χ2n) is 9.82. The van der Waals surface area contributed by atoms with Gasteiger partial charge in [0.05, 0.1) is 25.8 Å². The van der Waals surface area contributed by atoms with Crippen molar-refractivity contribution in [3.63, 3.8) is 0 Å². The van der Waals surface area contributed by atoms with E-state index in [-0.39, 0.29) is 24.1 Å². The molecular formula is C31H32N4O5S. The Kier molecular flexibility index (Phi) is 8.49. The number of carbonyl (C=O) groups excluding carboxylic acids is 3. The fourth-order valence-electron chi connectivity index (χ4n) is 5.07. The van der Waals surface area contributed by atoms with E-state index in [1.54, 1.807) is 65.4 Å². The van der Waals surface area contributed by atoms with Crippen LogP contribution in [0.5, 0.6) is 11.5 Å². The number of hydrogen-bond donors (Lipinski definition) is 1. The van der Waals surface area contributed by atoms with Crippen LogP contribution in [0.1, 0.15) is 31.7 Å². The van der Waals surface area contributed by atoms with Crippen molar-refractivity contribution in [2.24, 2.45) is 0 Å². The van der Waals surface area contributed by atoms with Crippen LogP contribution in [0, 0.1) is 0 Å². The lowest BCUT2D eigenvalue weighted by molar-refractivity contribution is -0.124. The highest BCUT2D eigenvalue weighted by molar-refractivity contribution is 7.80. The predicted molar refractivity (Wildman–Crippen MR) is 161 cm³/mol. The normalized spacial score (nSPS) is 16.9. The van der Waals surface area contributed by atoms with E-state index < -0.39 is 6.04 Å². The molecule has 2 heterocycles. The summed E-state index contributed by atoms with van der Waals surface area (Å²) in [6, 6.07) is 21.0. The van der Waals surface area contributed by atoms with Gasteiger partial charge in [-0.15, -0.1) is 0 Å². The average Bonchev–Trinajstić information content (AvgIpc) is 3.51. The molecule has 0 aliphatic carbocycles. The molecule has 2 fully saturated rings. The van der Waals surface area contributed by atoms with E-state index >= 15 is 0 Å². The van der Waals surface area contributed by atoms with Gasteiger partial charge in [-0.3, -0.25) is 19.3 Å². The quantitative estimate of drug-likeness (QED) is 0.351. The predicted octanol–water partition coefficient (Wildman–Crippen LogP) is 4.75. The van der Waals surface area contributed by atoms with Crippen molar-refractivity contribution in [1.29, 1.82) is 0 Å². The summed E-state index contributed by atoms with van der Waals surface area (Å²) in [6.45, 7) is 3.50. The molecule has 0 aromatic heterocycles. The van der Waals surface area contributed by atoms with Crippen LogP contribution in [0.2, 0.25) is 0 Å². The van der Waals surface area contributed by atoms with Gasteiger partial charge < -0.3 is 24.6 Å². The van der Waals surface area contributed by atoms with Gasteiger partial charge in [0.15, 0.2) is 5.11 Å². The van der Waals surface area contributed by atoms with E-state index in [2.05, 4.69) is 5.32 Å². The van der Waals surface area contributed by atoms with Gasteiger partial charge in [-0.05, 0) is 91.8 Å². The summed E-state index contributed by atoms with van der Waals surface area (Å²) >= 11 is 5.81. The number of nitrogens with one attached hydrogen (secondary N) is 1. The molecule has 41 heavy (non-hydrogen) atoms. The Balaban J connectivity index is 1.36. The van der Waals surface area contributed by atoms with Crippen LogP contribution in [-0.4, -0.2) is 54.0 Å². The molecule has 9 nitrogen and oxygen atoms in total. The van der Waals surface area contributed by atoms with Crippen molar-refractivity contribution in [2.45, 2.75) is 38.8 Å². The van der Waals surface area contributed by atoms with Crippen molar-refractivity contribution in [3.8, 4) is 11.5 Å². The van der Waals surface area contributed by atoms with Gasteiger partial charge in [-0.1, -0.05) is 12.1 Å². The van der Waals surface area contributed by atoms with Crippen molar-refractivity contribution in [3.05, 3.63) is 78.4 Å². The molecule has 0 radical (unpaired) electrons. The third kappa shape index (κ3) is 6.17. The molecule has 3 amide bonds. The van der Waals surface area contributed by atoms with Crippen LogP contribution in [0.15, 0.2) is 72.8 Å². The molecule has 3 aromatic carbocycles. The summed E-state index contributed by atoms with van der Waals surface area (Å²) < 4.78 is 10.7. The average molecular weight is 573 g/mol. The number of amides is 3. The first-order chi connectivity index (χ1) is 19.9. The number of hydrogen-bond acceptors (Lipinski definition) is 6. The monoisotopic (exact) mass is 572 g/mol. The summed E-state index contributed by atoms with van der Waals surface area (Å²) in [5.74, 6) is 0.910. The highest BCUT2D eigenvalue weighted by Gasteiger charge is 2.44. The number of rotatable bonds is 10. The molecule has 10 heteroatoms. The van der Waals surface area contributed by atoms with Crippen LogP contribution in [0.4, 0.5) is 17.1 Å². The van der Waals surface area contributed by atoms with Gasteiger partial charge in [0.2, 0.25) is 11.8 Å². The number of anilines is 3. The SMILES string of the molecule is CCOc1ccc(NC(=O)C[C@H]2C(=O)N(c3ccc(OC)cc3)C(=S)N2Cc2ccc(N3CCCC3=O)cc2)cc1. The number of carbonyl (C=O) groups is 3. The van der Waals surface area contributed by atoms with Gasteiger partial charge in [0.25, 0.3) is 5.91 Å². The first-order valence-electron chi connectivity index (χ1n) is 13.6. The zero-order valence-electron chi connectivity index (χ0n) is 23.0. The zero-order chi connectivity index (χ0) is 28.9. The van der Waals surface area contributed by atoms with Crippen LogP contribution in [0.3, 0.4) is 0 Å². The molecule has 0 saturated carbocycles. The summed E-state index contributed by atoms with van der Waals surface area (Å²) in [5.41, 5.74) is 2.96. The number of nitrogens with zero attached hydrogens (tertiary/aromatic N) is 3. The van der Waals surface area contributed by atoms with Crippen molar-refractivity contribution in [2.75, 3.05) is 35.4 Å². The Bertz CT molecular complexity index is 1430. The molecule has 2 aliphatic rings. The highest BCUT2D eigenvalue weighted by Crippen LogP contribution is 2.31. The van der Waals surface area contributed by atoms with E-state index in [1.165, 1.54) is 4.90 Å². The van der Waals surface area contributed by atoms with Crippen molar-refractivity contribution < 1.29 is 23.9 Å². The zero-order valence-corrected chi connectivity index (χ0v) is 23.9. The van der Waals surface area contributed by atoms with Gasteiger partial charge in [0.1, 0.15) is 17.5 Å². The first kappa shape index (κ1) is 28.1. The minimum Gasteiger partial charge on any atom is -0.497 e. The molecule has 0 bridgehead atoms. The Morgan fingerprint density at radius 3 is 2.22 bits per heavy atom. The maximum absolute atomic E-state index is 13.8. The Labute approximate surface area is 244 Å². The number of thiocarbonyl (C=S) groups is 1. The van der Waals surface area contributed by atoms with E-state index in [9.17, 15) is 14.4 Å². The van der Waals surface area contributed by atoms with Crippen LogP contribution >= 0.6 is 12.2 Å². The lowest BCUT2D eigenvalue weighted by Crippen LogP contribution is -2.37. The molecule has 212 valence electrons. The largest absolute Gasteiger partial charge is 0.497 e. The van der Waals surface area contributed by atoms with Gasteiger partial charge in [0, 0.05) is 30.9 Å². The fraction of sp³-hybridized carbons (Fsp3) is 0.290. The van der Waals surface area contributed by atoms with Crippen LogP contribution < -0.4 is 24.6 Å². The topological polar surface area (TPSA) is 91.4 Å². The molecule has 3 aromatic rings. The molecule has 2 aliphatic heterocycles. The molecule has 1 atom stereocenters. The Morgan fingerprint density at radius 2 is 1.61 bits per heavy atom. The molecule has 5 rings (SSSR count). The number of benzene rings is 3. The maximum Gasteiger partial charge on any atom is 0.256 e. The van der Waals surface area contributed by atoms with Crippen molar-refractivity contribution >= 4 is 52.1 Å². The molecule has 0 spiro atoms. The van der Waals surface area contributed by atoms with Crippen LogP contribution in [-0.2, 0) is 20.9 Å². The van der Waals surface area contributed by atoms with E-state index in [0.717, 1.165) is 17.7 Å². The van der Waals surface area contributed by atoms with E-state index in [1.807, 2.05) is 31.2 Å². The lowest BCUT2D eigenvalue weighted by Gasteiger charge is -2.24. The smallest absolute Gasteiger partial charge is 0.256 e. The summed E-state index contributed by atoms with van der Waals surface area (Å²) in [6.07, 6.45) is 1.33. The minimum atomic E-state index is -0.799. The van der Waals surface area contributed by atoms with E-state index in [4.69, 9.17) is 21.7 Å². The second-order valence-corrected chi connectivity index (χ2v) is 10.2. The molecule has 2 saturated heterocycles. The number of ether oxygens (including phenoxy) is 2. The van der Waals surface area contributed by atoms with Crippen LogP contribution in [0.25, 0.3) is 0 Å². The van der Waals surface area contributed by atoms with Gasteiger partial charge >= 0.3 is 0 Å². The standard InChI is InChI=1S/C31H32N4O5S/c1-3-40-26-14-8-22(9-15-26)32-28(36)19-27-30(38)35(24-12-16-25(39-2)17-13-24)31(41)34(27)20-21-6-10-23(11-7-21)33-18-4-5-29(33)37/h6-17,27H,3-5,18-20H2,1-2H3,(H,32,36)/t27-/m0/s1. The summed E-state index contributed by atoms with van der Waals surface area (Å²) in [7, 11) is 1.58. The van der Waals surface area contributed by atoms with Gasteiger partial charge in [-0.2, -0.15) is 0 Å². The van der Waals surface area contributed by atoms with Gasteiger partial charge in [-0.25, -0.2) is 0 Å². The third-order valence-electron chi connectivity index (χ3n) is 7.15. The third-order valence-corrected chi connectivity index (χ3v) is 7.57. The Morgan fingerprint density at radius 1 is 0.951 bits per heavy atom. The Hall–Kier alpha value is -4.44. The van der Waals surface area contributed by atoms with Crippen molar-refractivity contribution in [1.82, 2.24) is 4.90 Å². The number of methoxy groups -OCH3 is 1. The highest BCUT2D eigenvalue weighted by atomic mass is 32.1. The summed E-state index contributed by atoms with van der Waals surface area (Å²) in [5, 5.41) is 3.20.